The van der Waals surface area contributed by atoms with Crippen LogP contribution in [0.2, 0.25) is 0 Å². The second-order valence-electron chi connectivity index (χ2n) is 8.27. The lowest BCUT2D eigenvalue weighted by Crippen LogP contribution is -2.31. The zero-order chi connectivity index (χ0) is 21.9. The third-order valence-electron chi connectivity index (χ3n) is 6.57. The molecule has 0 spiro atoms. The molecule has 2 aromatic carbocycles. The number of benzene rings is 2. The van der Waals surface area contributed by atoms with Gasteiger partial charge in [-0.3, -0.25) is 4.57 Å². The fourth-order valence-electron chi connectivity index (χ4n) is 5.18. The number of hydrogen-bond acceptors (Lipinski definition) is 2. The van der Waals surface area contributed by atoms with E-state index in [9.17, 15) is 18.0 Å². The summed E-state index contributed by atoms with van der Waals surface area (Å²) < 4.78 is 56.7. The molecule has 8 heteroatoms. The fourth-order valence-corrected chi connectivity index (χ4v) is 5.18. The third kappa shape index (κ3) is 3.12. The van der Waals surface area contributed by atoms with Crippen molar-refractivity contribution in [1.82, 2.24) is 9.88 Å². The van der Waals surface area contributed by atoms with Crippen LogP contribution in [0.4, 0.5) is 22.4 Å². The summed E-state index contributed by atoms with van der Waals surface area (Å²) in [5.41, 5.74) is 9.95. The van der Waals surface area contributed by atoms with Crippen LogP contribution in [-0.2, 0) is 25.8 Å². The molecule has 3 N–H and O–H groups in total. The summed E-state index contributed by atoms with van der Waals surface area (Å²) in [5.74, 6) is -2.01. The highest BCUT2D eigenvalue weighted by Crippen LogP contribution is 2.45. The fraction of sp³-hybridized carbons (Fsp3) is 0.348. The Labute approximate surface area is 176 Å². The molecule has 0 bridgehead atoms. The van der Waals surface area contributed by atoms with Gasteiger partial charge in [0.25, 0.3) is 0 Å². The number of nitrogens with one attached hydrogen (secondary N) is 1. The number of carbonyl (C=O) groups excluding carboxylic acids is 1. The van der Waals surface area contributed by atoms with Gasteiger partial charge in [-0.05, 0) is 66.6 Å². The number of aryl methyl sites for hydroxylation is 1. The molecule has 1 unspecified atom stereocenters. The van der Waals surface area contributed by atoms with Gasteiger partial charge in [-0.25, -0.2) is 9.18 Å². The molecule has 2 aliphatic rings. The van der Waals surface area contributed by atoms with Gasteiger partial charge in [-0.15, -0.1) is 0 Å². The number of rotatable bonds is 1. The van der Waals surface area contributed by atoms with Crippen molar-refractivity contribution in [2.45, 2.75) is 38.4 Å². The topological polar surface area (TPSA) is 60.1 Å². The number of carbonyl (C=O) groups is 1. The molecule has 1 atom stereocenters. The van der Waals surface area contributed by atoms with Gasteiger partial charge in [-0.1, -0.05) is 18.2 Å². The molecule has 0 radical (unpaired) electrons. The van der Waals surface area contributed by atoms with Crippen LogP contribution >= 0.6 is 0 Å². The molecule has 1 aliphatic carbocycles. The van der Waals surface area contributed by atoms with Crippen LogP contribution in [0, 0.1) is 11.7 Å². The maximum Gasteiger partial charge on any atom is 0.392 e. The van der Waals surface area contributed by atoms with Crippen molar-refractivity contribution in [3.8, 4) is 11.1 Å². The number of aromatic nitrogens is 1. The molecular weight excluding hydrogens is 410 g/mol. The maximum absolute atomic E-state index is 15.3. The van der Waals surface area contributed by atoms with Gasteiger partial charge >= 0.3 is 12.2 Å². The number of primary amides is 1. The SMILES string of the molecule is NC(=O)n1c2c(c3c(-c4cccc5c4CCNC5)c(F)ccc31)CCC(C(F)(F)F)C2. The summed E-state index contributed by atoms with van der Waals surface area (Å²) in [4.78, 5) is 12.3. The van der Waals surface area contributed by atoms with Crippen LogP contribution in [0.25, 0.3) is 22.0 Å². The predicted molar refractivity (Wildman–Crippen MR) is 109 cm³/mol. The van der Waals surface area contributed by atoms with Crippen LogP contribution in [0.3, 0.4) is 0 Å². The van der Waals surface area contributed by atoms with Crippen LogP contribution in [0.1, 0.15) is 28.8 Å². The van der Waals surface area contributed by atoms with E-state index in [0.717, 1.165) is 34.2 Å². The van der Waals surface area contributed by atoms with Crippen molar-refractivity contribution in [1.29, 1.82) is 0 Å². The Morgan fingerprint density at radius 1 is 1.13 bits per heavy atom. The molecule has 1 amide bonds. The molecule has 31 heavy (non-hydrogen) atoms. The molecule has 0 saturated heterocycles. The van der Waals surface area contributed by atoms with E-state index < -0.39 is 23.9 Å². The second-order valence-corrected chi connectivity index (χ2v) is 8.27. The Morgan fingerprint density at radius 2 is 1.94 bits per heavy atom. The number of nitrogens with two attached hydrogens (primary N) is 1. The second kappa shape index (κ2) is 7.09. The monoisotopic (exact) mass is 431 g/mol. The highest BCUT2D eigenvalue weighted by Gasteiger charge is 2.43. The van der Waals surface area contributed by atoms with E-state index in [4.69, 9.17) is 5.73 Å². The first-order valence-corrected chi connectivity index (χ1v) is 10.3. The quantitative estimate of drug-likeness (QED) is 0.550. The van der Waals surface area contributed by atoms with Crippen LogP contribution in [0.15, 0.2) is 30.3 Å². The van der Waals surface area contributed by atoms with E-state index in [1.165, 1.54) is 12.1 Å². The summed E-state index contributed by atoms with van der Waals surface area (Å²) in [5, 5.41) is 3.80. The Hall–Kier alpha value is -2.87. The van der Waals surface area contributed by atoms with Crippen molar-refractivity contribution in [3.63, 3.8) is 0 Å². The average Bonchev–Trinajstić information content (AvgIpc) is 3.07. The Balaban J connectivity index is 1.81. The molecule has 4 nitrogen and oxygen atoms in total. The van der Waals surface area contributed by atoms with Crippen molar-refractivity contribution >= 4 is 16.9 Å². The molecule has 1 aliphatic heterocycles. The first-order valence-electron chi connectivity index (χ1n) is 10.3. The average molecular weight is 431 g/mol. The summed E-state index contributed by atoms with van der Waals surface area (Å²) in [6.07, 6.45) is -3.97. The van der Waals surface area contributed by atoms with E-state index in [2.05, 4.69) is 5.32 Å². The van der Waals surface area contributed by atoms with Gasteiger partial charge in [0.1, 0.15) is 5.82 Å². The molecule has 5 rings (SSSR count). The van der Waals surface area contributed by atoms with Crippen LogP contribution in [0.5, 0.6) is 0 Å². The first-order chi connectivity index (χ1) is 14.8. The van der Waals surface area contributed by atoms with Crippen molar-refractivity contribution in [2.75, 3.05) is 6.54 Å². The molecule has 3 aromatic rings. The Bertz CT molecular complexity index is 1210. The van der Waals surface area contributed by atoms with Crippen molar-refractivity contribution in [2.24, 2.45) is 11.7 Å². The molecule has 1 aromatic heterocycles. The van der Waals surface area contributed by atoms with Crippen LogP contribution < -0.4 is 11.1 Å². The zero-order valence-electron chi connectivity index (χ0n) is 16.7. The highest BCUT2D eigenvalue weighted by atomic mass is 19.4. The Morgan fingerprint density at radius 3 is 2.68 bits per heavy atom. The minimum Gasteiger partial charge on any atom is -0.351 e. The van der Waals surface area contributed by atoms with Gasteiger partial charge in [0.15, 0.2) is 0 Å². The normalized spacial score (nSPS) is 18.6. The number of halogens is 4. The molecule has 0 fully saturated rings. The van der Waals surface area contributed by atoms with E-state index >= 15 is 4.39 Å². The predicted octanol–water partition coefficient (Wildman–Crippen LogP) is 4.69. The number of amides is 1. The van der Waals surface area contributed by atoms with Crippen molar-refractivity contribution in [3.05, 3.63) is 58.5 Å². The molecule has 2 heterocycles. The molecule has 162 valence electrons. The van der Waals surface area contributed by atoms with Gasteiger partial charge in [0.05, 0.1) is 11.4 Å². The van der Waals surface area contributed by atoms with E-state index in [-0.39, 0.29) is 25.0 Å². The van der Waals surface area contributed by atoms with Crippen LogP contribution in [-0.4, -0.2) is 23.3 Å². The first kappa shape index (κ1) is 20.1. The minimum absolute atomic E-state index is 0.0961. The number of nitrogens with zero attached hydrogens (tertiary/aromatic N) is 1. The summed E-state index contributed by atoms with van der Waals surface area (Å²) in [7, 11) is 0. The minimum atomic E-state index is -4.36. The lowest BCUT2D eigenvalue weighted by atomic mass is 9.83. The zero-order valence-corrected chi connectivity index (χ0v) is 16.7. The summed E-state index contributed by atoms with van der Waals surface area (Å²) >= 11 is 0. The molecular formula is C23H21F4N3O. The smallest absolute Gasteiger partial charge is 0.351 e. The van der Waals surface area contributed by atoms with Gasteiger partial charge in [0, 0.05) is 23.2 Å². The largest absolute Gasteiger partial charge is 0.392 e. The standard InChI is InChI=1S/C23H21F4N3O/c24-17-6-7-18-21(20(17)15-3-1-2-12-11-29-9-8-14(12)15)16-5-4-13(23(25,26)27)10-19(16)30(18)22(28)31/h1-3,6-7,13,29H,4-5,8-11H2,(H2,28,31). The van der Waals surface area contributed by atoms with E-state index in [1.54, 1.807) is 0 Å². The lowest BCUT2D eigenvalue weighted by molar-refractivity contribution is -0.177. The summed E-state index contributed by atoms with van der Waals surface area (Å²) in [6.45, 7) is 1.43. The van der Waals surface area contributed by atoms with E-state index in [1.807, 2.05) is 18.2 Å². The van der Waals surface area contributed by atoms with Crippen molar-refractivity contribution < 1.29 is 22.4 Å². The summed E-state index contributed by atoms with van der Waals surface area (Å²) in [6, 6.07) is 7.54. The number of fused-ring (bicyclic) bond motifs is 4. The lowest BCUT2D eigenvalue weighted by Gasteiger charge is -2.26. The van der Waals surface area contributed by atoms with Gasteiger partial charge in [0.2, 0.25) is 0 Å². The number of hydrogen-bond donors (Lipinski definition) is 2. The number of alkyl halides is 3. The van der Waals surface area contributed by atoms with Gasteiger partial charge < -0.3 is 11.1 Å². The molecule has 0 saturated carbocycles. The van der Waals surface area contributed by atoms with E-state index in [0.29, 0.717) is 28.6 Å². The highest BCUT2D eigenvalue weighted by molar-refractivity contribution is 6.04. The Kier molecular flexibility index (Phi) is 4.58. The maximum atomic E-state index is 15.3. The third-order valence-corrected chi connectivity index (χ3v) is 6.57. The van der Waals surface area contributed by atoms with Gasteiger partial charge in [-0.2, -0.15) is 13.2 Å².